The SMILES string of the molecule is Cc1sc(Br)cc1S(=O)(=O)Nc1nc(C(C)N)cs1. The van der Waals surface area contributed by atoms with Crippen LogP contribution in [0.2, 0.25) is 0 Å². The van der Waals surface area contributed by atoms with Crippen LogP contribution in [0.3, 0.4) is 0 Å². The molecule has 0 radical (unpaired) electrons. The summed E-state index contributed by atoms with van der Waals surface area (Å²) < 4.78 is 27.7. The van der Waals surface area contributed by atoms with Crippen LogP contribution in [0.5, 0.6) is 0 Å². The molecule has 9 heteroatoms. The van der Waals surface area contributed by atoms with Crippen molar-refractivity contribution >= 4 is 53.8 Å². The normalized spacial score (nSPS) is 13.5. The molecule has 2 heterocycles. The van der Waals surface area contributed by atoms with E-state index in [4.69, 9.17) is 5.73 Å². The standard InChI is InChI=1S/C10H12BrN3O2S3/c1-5(12)7-4-17-10(13-7)14-19(15,16)8-3-9(11)18-6(8)2/h3-5H,12H2,1-2H3,(H,13,14). The average Bonchev–Trinajstić information content (AvgIpc) is 2.85. The Morgan fingerprint density at radius 1 is 1.53 bits per heavy atom. The number of sulfonamides is 1. The molecular weight excluding hydrogens is 370 g/mol. The Hall–Kier alpha value is -0.480. The average molecular weight is 382 g/mol. The fourth-order valence-corrected chi connectivity index (χ4v) is 5.89. The minimum absolute atomic E-state index is 0.216. The first-order valence-electron chi connectivity index (χ1n) is 5.29. The maximum Gasteiger partial charge on any atom is 0.264 e. The molecule has 0 aliphatic rings. The monoisotopic (exact) mass is 381 g/mol. The van der Waals surface area contributed by atoms with Crippen LogP contribution in [0.15, 0.2) is 20.1 Å². The van der Waals surface area contributed by atoms with Crippen molar-refractivity contribution in [3.63, 3.8) is 0 Å². The Morgan fingerprint density at radius 2 is 2.21 bits per heavy atom. The Bertz CT molecular complexity index is 691. The quantitative estimate of drug-likeness (QED) is 0.851. The third-order valence-corrected chi connectivity index (χ3v) is 6.39. The number of hydrogen-bond donors (Lipinski definition) is 2. The van der Waals surface area contributed by atoms with E-state index in [9.17, 15) is 8.42 Å². The highest BCUT2D eigenvalue weighted by Gasteiger charge is 2.21. The molecule has 3 N–H and O–H groups in total. The van der Waals surface area contributed by atoms with Crippen molar-refractivity contribution < 1.29 is 8.42 Å². The Labute approximate surface area is 128 Å². The number of anilines is 1. The molecule has 2 aromatic heterocycles. The third kappa shape index (κ3) is 3.34. The summed E-state index contributed by atoms with van der Waals surface area (Å²) in [5.74, 6) is 0. The van der Waals surface area contributed by atoms with Gasteiger partial charge in [-0.15, -0.1) is 22.7 Å². The van der Waals surface area contributed by atoms with Gasteiger partial charge in [0.05, 0.1) is 9.48 Å². The molecular formula is C10H12BrN3O2S3. The second kappa shape index (κ2) is 5.49. The van der Waals surface area contributed by atoms with Crippen LogP contribution in [0.25, 0.3) is 0 Å². The van der Waals surface area contributed by atoms with E-state index in [-0.39, 0.29) is 10.9 Å². The molecule has 0 saturated heterocycles. The van der Waals surface area contributed by atoms with Gasteiger partial charge in [-0.2, -0.15) is 0 Å². The molecule has 2 aromatic rings. The number of nitrogens with zero attached hydrogens (tertiary/aromatic N) is 1. The van der Waals surface area contributed by atoms with Gasteiger partial charge in [0.25, 0.3) is 10.0 Å². The second-order valence-corrected chi connectivity index (χ2v) is 9.09. The topological polar surface area (TPSA) is 85.1 Å². The van der Waals surface area contributed by atoms with Gasteiger partial charge in [0.1, 0.15) is 4.90 Å². The van der Waals surface area contributed by atoms with Crippen molar-refractivity contribution in [2.24, 2.45) is 5.73 Å². The second-order valence-electron chi connectivity index (χ2n) is 3.94. The van der Waals surface area contributed by atoms with E-state index >= 15 is 0 Å². The lowest BCUT2D eigenvalue weighted by molar-refractivity contribution is 0.601. The van der Waals surface area contributed by atoms with E-state index in [2.05, 4.69) is 25.6 Å². The zero-order chi connectivity index (χ0) is 14.2. The van der Waals surface area contributed by atoms with Gasteiger partial charge in [-0.3, -0.25) is 4.72 Å². The lowest BCUT2D eigenvalue weighted by atomic mass is 10.3. The van der Waals surface area contributed by atoms with E-state index in [1.54, 1.807) is 25.3 Å². The summed E-state index contributed by atoms with van der Waals surface area (Å²) >= 11 is 5.88. The highest BCUT2D eigenvalue weighted by atomic mass is 79.9. The van der Waals surface area contributed by atoms with Crippen molar-refractivity contribution in [1.29, 1.82) is 0 Å². The van der Waals surface area contributed by atoms with Crippen LogP contribution in [0.4, 0.5) is 5.13 Å². The smallest absolute Gasteiger partial charge is 0.264 e. The van der Waals surface area contributed by atoms with Crippen LogP contribution in [-0.4, -0.2) is 13.4 Å². The van der Waals surface area contributed by atoms with E-state index in [0.717, 1.165) is 8.66 Å². The van der Waals surface area contributed by atoms with Gasteiger partial charge >= 0.3 is 0 Å². The molecule has 0 bridgehead atoms. The molecule has 5 nitrogen and oxygen atoms in total. The summed E-state index contributed by atoms with van der Waals surface area (Å²) in [6, 6.07) is 1.37. The predicted octanol–water partition coefficient (Wildman–Crippen LogP) is 3.10. The summed E-state index contributed by atoms with van der Waals surface area (Å²) in [7, 11) is -3.60. The summed E-state index contributed by atoms with van der Waals surface area (Å²) in [5, 5.41) is 2.08. The third-order valence-electron chi connectivity index (χ3n) is 2.34. The minimum atomic E-state index is -3.60. The van der Waals surface area contributed by atoms with E-state index in [1.165, 1.54) is 22.7 Å². The number of rotatable bonds is 4. The summed E-state index contributed by atoms with van der Waals surface area (Å²) in [4.78, 5) is 5.14. The Kier molecular flexibility index (Phi) is 4.31. The van der Waals surface area contributed by atoms with Crippen LogP contribution in [-0.2, 0) is 10.0 Å². The van der Waals surface area contributed by atoms with Crippen molar-refractivity contribution in [1.82, 2.24) is 4.98 Å². The lowest BCUT2D eigenvalue weighted by Gasteiger charge is -2.04. The fourth-order valence-electron chi connectivity index (χ4n) is 1.41. The summed E-state index contributed by atoms with van der Waals surface area (Å²) in [6.07, 6.45) is 0. The first-order chi connectivity index (χ1) is 8.79. The molecule has 0 saturated carbocycles. The maximum atomic E-state index is 12.2. The molecule has 2 rings (SSSR count). The van der Waals surface area contributed by atoms with Crippen LogP contribution < -0.4 is 10.5 Å². The first-order valence-corrected chi connectivity index (χ1v) is 9.26. The number of thiophene rings is 1. The number of nitrogens with one attached hydrogen (secondary N) is 1. The maximum absolute atomic E-state index is 12.2. The van der Waals surface area contributed by atoms with Gasteiger partial charge in [0.15, 0.2) is 5.13 Å². The molecule has 0 aromatic carbocycles. The lowest BCUT2D eigenvalue weighted by Crippen LogP contribution is -2.13. The van der Waals surface area contributed by atoms with Gasteiger partial charge in [0.2, 0.25) is 0 Å². The van der Waals surface area contributed by atoms with Crippen molar-refractivity contribution in [2.45, 2.75) is 24.8 Å². The number of halogens is 1. The zero-order valence-electron chi connectivity index (χ0n) is 10.2. The highest BCUT2D eigenvalue weighted by Crippen LogP contribution is 2.31. The van der Waals surface area contributed by atoms with Gasteiger partial charge in [-0.1, -0.05) is 0 Å². The van der Waals surface area contributed by atoms with Gasteiger partial charge in [-0.25, -0.2) is 13.4 Å². The van der Waals surface area contributed by atoms with Crippen LogP contribution >= 0.6 is 38.6 Å². The van der Waals surface area contributed by atoms with E-state index in [0.29, 0.717) is 10.8 Å². The van der Waals surface area contributed by atoms with Crippen molar-refractivity contribution in [3.8, 4) is 0 Å². The van der Waals surface area contributed by atoms with E-state index < -0.39 is 10.0 Å². The molecule has 19 heavy (non-hydrogen) atoms. The van der Waals surface area contributed by atoms with Gasteiger partial charge in [-0.05, 0) is 35.8 Å². The molecule has 0 aliphatic carbocycles. The largest absolute Gasteiger partial charge is 0.323 e. The number of hydrogen-bond acceptors (Lipinski definition) is 6. The molecule has 1 atom stereocenters. The first kappa shape index (κ1) is 14.9. The number of thiazole rings is 1. The van der Waals surface area contributed by atoms with Crippen LogP contribution in [0, 0.1) is 6.92 Å². The number of nitrogens with two attached hydrogens (primary N) is 1. The molecule has 0 fully saturated rings. The minimum Gasteiger partial charge on any atom is -0.323 e. The van der Waals surface area contributed by atoms with Crippen molar-refractivity contribution in [2.75, 3.05) is 4.72 Å². The van der Waals surface area contributed by atoms with Crippen LogP contribution in [0.1, 0.15) is 23.5 Å². The Balaban J connectivity index is 2.28. The zero-order valence-corrected chi connectivity index (χ0v) is 14.2. The molecule has 0 amide bonds. The molecule has 0 aliphatic heterocycles. The number of aromatic nitrogens is 1. The van der Waals surface area contributed by atoms with E-state index in [1.807, 2.05) is 0 Å². The predicted molar refractivity (Wildman–Crippen MR) is 82.3 cm³/mol. The van der Waals surface area contributed by atoms with Crippen molar-refractivity contribution in [3.05, 3.63) is 25.8 Å². The molecule has 104 valence electrons. The highest BCUT2D eigenvalue weighted by molar-refractivity contribution is 9.11. The van der Waals surface area contributed by atoms with Gasteiger partial charge in [0, 0.05) is 16.3 Å². The summed E-state index contributed by atoms with van der Waals surface area (Å²) in [6.45, 7) is 3.56. The van der Waals surface area contributed by atoms with Gasteiger partial charge < -0.3 is 5.73 Å². The Morgan fingerprint density at radius 3 is 2.68 bits per heavy atom. The summed E-state index contributed by atoms with van der Waals surface area (Å²) in [5.41, 5.74) is 6.36. The molecule has 0 spiro atoms. The number of aryl methyl sites for hydroxylation is 1. The molecule has 1 unspecified atom stereocenters. The fraction of sp³-hybridized carbons (Fsp3) is 0.300.